The standard InChI is InChI=1S/C12H12BrF3S/c13-11(12(14,15)16)7-17-10-5-4-8-2-1-3-9(8)6-10/h4-6,11H,1-3,7H2. The summed E-state index contributed by atoms with van der Waals surface area (Å²) >= 11 is 3.93. The highest BCUT2D eigenvalue weighted by molar-refractivity contribution is 9.09. The van der Waals surface area contributed by atoms with Gasteiger partial charge in [-0.1, -0.05) is 22.0 Å². The first-order valence-corrected chi connectivity index (χ1v) is 7.32. The molecule has 1 atom stereocenters. The van der Waals surface area contributed by atoms with Crippen LogP contribution in [0, 0.1) is 0 Å². The summed E-state index contributed by atoms with van der Waals surface area (Å²) in [4.78, 5) is -0.507. The number of hydrogen-bond acceptors (Lipinski definition) is 1. The molecule has 0 N–H and O–H groups in total. The maximum atomic E-state index is 12.3. The fourth-order valence-corrected chi connectivity index (χ4v) is 3.22. The van der Waals surface area contributed by atoms with E-state index in [0.717, 1.165) is 24.2 Å². The van der Waals surface area contributed by atoms with Gasteiger partial charge in [-0.15, -0.1) is 11.8 Å². The van der Waals surface area contributed by atoms with E-state index < -0.39 is 11.0 Å². The molecule has 0 saturated heterocycles. The van der Waals surface area contributed by atoms with E-state index in [9.17, 15) is 13.2 Å². The van der Waals surface area contributed by atoms with Crippen LogP contribution in [0.5, 0.6) is 0 Å². The maximum absolute atomic E-state index is 12.3. The quantitative estimate of drug-likeness (QED) is 0.578. The van der Waals surface area contributed by atoms with Crippen molar-refractivity contribution in [1.82, 2.24) is 0 Å². The fourth-order valence-electron chi connectivity index (χ4n) is 1.90. The molecule has 5 heteroatoms. The van der Waals surface area contributed by atoms with Crippen LogP contribution in [0.3, 0.4) is 0 Å². The van der Waals surface area contributed by atoms with Crippen LogP contribution in [0.2, 0.25) is 0 Å². The summed E-state index contributed by atoms with van der Waals surface area (Å²) in [6, 6.07) is 6.00. The van der Waals surface area contributed by atoms with E-state index in [1.807, 2.05) is 18.2 Å². The maximum Gasteiger partial charge on any atom is 0.402 e. The van der Waals surface area contributed by atoms with Gasteiger partial charge in [-0.3, -0.25) is 0 Å². The Kier molecular flexibility index (Phi) is 4.08. The number of hydrogen-bond donors (Lipinski definition) is 0. The molecule has 0 nitrogen and oxygen atoms in total. The molecule has 0 aliphatic heterocycles. The molecular formula is C12H12BrF3S. The first-order valence-electron chi connectivity index (χ1n) is 5.42. The molecule has 1 aromatic rings. The Morgan fingerprint density at radius 1 is 1.24 bits per heavy atom. The molecule has 0 radical (unpaired) electrons. The molecule has 0 saturated carbocycles. The van der Waals surface area contributed by atoms with Crippen LogP contribution in [0.25, 0.3) is 0 Å². The molecule has 0 bridgehead atoms. The van der Waals surface area contributed by atoms with Crippen LogP contribution in [-0.4, -0.2) is 16.8 Å². The van der Waals surface area contributed by atoms with Gasteiger partial charge in [0.15, 0.2) is 0 Å². The number of halogens is 4. The number of aryl methyl sites for hydroxylation is 2. The van der Waals surface area contributed by atoms with E-state index in [0.29, 0.717) is 0 Å². The number of fused-ring (bicyclic) bond motifs is 1. The van der Waals surface area contributed by atoms with E-state index in [2.05, 4.69) is 15.9 Å². The van der Waals surface area contributed by atoms with Crippen molar-refractivity contribution in [3.63, 3.8) is 0 Å². The lowest BCUT2D eigenvalue weighted by Gasteiger charge is -2.13. The van der Waals surface area contributed by atoms with Gasteiger partial charge in [0.25, 0.3) is 0 Å². The second kappa shape index (κ2) is 5.22. The van der Waals surface area contributed by atoms with Crippen LogP contribution in [0.4, 0.5) is 13.2 Å². The number of thioether (sulfide) groups is 1. The minimum atomic E-state index is -4.16. The molecule has 17 heavy (non-hydrogen) atoms. The Balaban J connectivity index is 1.96. The molecular weight excluding hydrogens is 313 g/mol. The van der Waals surface area contributed by atoms with Crippen molar-refractivity contribution in [3.8, 4) is 0 Å². The first kappa shape index (κ1) is 13.3. The zero-order valence-corrected chi connectivity index (χ0v) is 11.5. The molecule has 1 aromatic carbocycles. The van der Waals surface area contributed by atoms with Gasteiger partial charge in [-0.25, -0.2) is 0 Å². The predicted octanol–water partition coefficient (Wildman–Crippen LogP) is 4.59. The summed E-state index contributed by atoms with van der Waals surface area (Å²) in [5, 5.41) is 0. The summed E-state index contributed by atoms with van der Waals surface area (Å²) in [6.07, 6.45) is -0.846. The van der Waals surface area contributed by atoms with Crippen LogP contribution < -0.4 is 0 Å². The van der Waals surface area contributed by atoms with E-state index >= 15 is 0 Å². The summed E-state index contributed by atoms with van der Waals surface area (Å²) in [7, 11) is 0. The van der Waals surface area contributed by atoms with Gasteiger partial charge < -0.3 is 0 Å². The van der Waals surface area contributed by atoms with Crippen molar-refractivity contribution in [2.75, 3.05) is 5.75 Å². The van der Waals surface area contributed by atoms with Crippen molar-refractivity contribution in [2.24, 2.45) is 0 Å². The fraction of sp³-hybridized carbons (Fsp3) is 0.500. The third-order valence-corrected chi connectivity index (χ3v) is 5.18. The molecule has 1 aliphatic carbocycles. The summed E-state index contributed by atoms with van der Waals surface area (Å²) in [5.74, 6) is 0.0162. The minimum Gasteiger partial charge on any atom is -0.170 e. The van der Waals surface area contributed by atoms with Crippen molar-refractivity contribution >= 4 is 27.7 Å². The van der Waals surface area contributed by atoms with Crippen LogP contribution >= 0.6 is 27.7 Å². The van der Waals surface area contributed by atoms with Gasteiger partial charge in [0, 0.05) is 10.6 Å². The van der Waals surface area contributed by atoms with Crippen LogP contribution in [0.1, 0.15) is 17.5 Å². The zero-order chi connectivity index (χ0) is 12.5. The van der Waals surface area contributed by atoms with Gasteiger partial charge in [0.2, 0.25) is 0 Å². The van der Waals surface area contributed by atoms with Crippen LogP contribution in [0.15, 0.2) is 23.1 Å². The van der Waals surface area contributed by atoms with E-state index in [4.69, 9.17) is 0 Å². The largest absolute Gasteiger partial charge is 0.402 e. The van der Waals surface area contributed by atoms with Gasteiger partial charge >= 0.3 is 6.18 Å². The monoisotopic (exact) mass is 324 g/mol. The van der Waals surface area contributed by atoms with Crippen LogP contribution in [-0.2, 0) is 12.8 Å². The Bertz CT molecular complexity index is 403. The summed E-state index contributed by atoms with van der Waals surface area (Å²) in [5.41, 5.74) is 2.65. The van der Waals surface area contributed by atoms with Crippen molar-refractivity contribution < 1.29 is 13.2 Å². The highest BCUT2D eigenvalue weighted by Crippen LogP contribution is 2.33. The molecule has 0 spiro atoms. The Morgan fingerprint density at radius 2 is 1.94 bits per heavy atom. The lowest BCUT2D eigenvalue weighted by Crippen LogP contribution is -2.24. The number of benzene rings is 1. The number of rotatable bonds is 3. The second-order valence-electron chi connectivity index (χ2n) is 4.10. The Morgan fingerprint density at radius 3 is 2.65 bits per heavy atom. The van der Waals surface area contributed by atoms with Crippen molar-refractivity contribution in [3.05, 3.63) is 29.3 Å². The molecule has 0 heterocycles. The third-order valence-electron chi connectivity index (χ3n) is 2.82. The zero-order valence-electron chi connectivity index (χ0n) is 9.06. The SMILES string of the molecule is FC(F)(F)C(Br)CSc1ccc2c(c1)CCC2. The Hall–Kier alpha value is -0.160. The first-order chi connectivity index (χ1) is 7.97. The van der Waals surface area contributed by atoms with Gasteiger partial charge in [0.1, 0.15) is 4.83 Å². The molecule has 0 aromatic heterocycles. The van der Waals surface area contributed by atoms with Crippen molar-refractivity contribution in [2.45, 2.75) is 35.2 Å². The highest BCUT2D eigenvalue weighted by atomic mass is 79.9. The minimum absolute atomic E-state index is 0.0162. The van der Waals surface area contributed by atoms with E-state index in [1.165, 1.54) is 22.9 Å². The predicted molar refractivity (Wildman–Crippen MR) is 68.0 cm³/mol. The van der Waals surface area contributed by atoms with Gasteiger partial charge in [-0.05, 0) is 42.5 Å². The van der Waals surface area contributed by atoms with E-state index in [1.54, 1.807) is 0 Å². The van der Waals surface area contributed by atoms with Crippen molar-refractivity contribution in [1.29, 1.82) is 0 Å². The second-order valence-corrected chi connectivity index (χ2v) is 6.30. The normalized spacial score (nSPS) is 16.9. The molecule has 94 valence electrons. The lowest BCUT2D eigenvalue weighted by atomic mass is 10.1. The summed E-state index contributed by atoms with van der Waals surface area (Å²) < 4.78 is 36.9. The topological polar surface area (TPSA) is 0 Å². The number of alkyl halides is 4. The highest BCUT2D eigenvalue weighted by Gasteiger charge is 2.37. The van der Waals surface area contributed by atoms with E-state index in [-0.39, 0.29) is 5.75 Å². The van der Waals surface area contributed by atoms with Gasteiger partial charge in [-0.2, -0.15) is 13.2 Å². The smallest absolute Gasteiger partial charge is 0.170 e. The Labute approximate surface area is 111 Å². The lowest BCUT2D eigenvalue weighted by molar-refractivity contribution is -0.122. The molecule has 0 fully saturated rings. The van der Waals surface area contributed by atoms with Gasteiger partial charge in [0.05, 0.1) is 0 Å². The average molecular weight is 325 g/mol. The third kappa shape index (κ3) is 3.41. The average Bonchev–Trinajstić information content (AvgIpc) is 2.71. The molecule has 2 rings (SSSR count). The molecule has 0 amide bonds. The molecule has 1 unspecified atom stereocenters. The molecule has 1 aliphatic rings. The summed E-state index contributed by atoms with van der Waals surface area (Å²) in [6.45, 7) is 0.